The molecule has 0 radical (unpaired) electrons. The predicted octanol–water partition coefficient (Wildman–Crippen LogP) is 3.25. The molecule has 0 saturated carbocycles. The van der Waals surface area contributed by atoms with E-state index in [1.807, 2.05) is 54.6 Å². The first kappa shape index (κ1) is 19.1. The normalized spacial score (nSPS) is 11.1. The van der Waals surface area contributed by atoms with E-state index in [-0.39, 0.29) is 30.4 Å². The van der Waals surface area contributed by atoms with Gasteiger partial charge in [0.1, 0.15) is 17.3 Å². The van der Waals surface area contributed by atoms with Crippen molar-refractivity contribution in [1.82, 2.24) is 14.3 Å². The largest absolute Gasteiger partial charge is 0.364 e. The van der Waals surface area contributed by atoms with Crippen molar-refractivity contribution in [1.29, 1.82) is 0 Å². The Morgan fingerprint density at radius 3 is 2.62 bits per heavy atom. The number of nitrogens with zero attached hydrogens (tertiary/aromatic N) is 3. The maximum atomic E-state index is 12.8. The molecule has 2 heterocycles. The average molecular weight is 408 g/mol. The fourth-order valence-electron chi connectivity index (χ4n) is 3.10. The number of aromatic nitrogens is 3. The van der Waals surface area contributed by atoms with Gasteiger partial charge in [-0.05, 0) is 31.2 Å². The van der Waals surface area contributed by atoms with Crippen LogP contribution in [-0.4, -0.2) is 26.9 Å². The zero-order valence-corrected chi connectivity index (χ0v) is 16.9. The van der Waals surface area contributed by atoms with Crippen LogP contribution >= 0.6 is 11.3 Å². The number of hydrogen-bond donors (Lipinski definition) is 1. The second kappa shape index (κ2) is 8.02. The summed E-state index contributed by atoms with van der Waals surface area (Å²) < 4.78 is 9.82. The number of rotatable bonds is 6. The highest BCUT2D eigenvalue weighted by atomic mass is 32.1. The summed E-state index contributed by atoms with van der Waals surface area (Å²) in [5.74, 6) is -0.378. The van der Waals surface area contributed by atoms with Gasteiger partial charge in [-0.1, -0.05) is 30.3 Å². The molecule has 2 aromatic carbocycles. The minimum Gasteiger partial charge on any atom is -0.364 e. The summed E-state index contributed by atoms with van der Waals surface area (Å²) in [7, 11) is 1.78. The van der Waals surface area contributed by atoms with Gasteiger partial charge in [0.2, 0.25) is 0 Å². The van der Waals surface area contributed by atoms with Crippen LogP contribution in [0, 0.1) is 6.92 Å². The number of carbonyl (C=O) groups excluding carboxylic acids is 1. The lowest BCUT2D eigenvalue weighted by atomic mass is 10.3. The van der Waals surface area contributed by atoms with Crippen molar-refractivity contribution >= 4 is 33.1 Å². The highest BCUT2D eigenvalue weighted by Crippen LogP contribution is 2.22. The summed E-state index contributed by atoms with van der Waals surface area (Å²) in [4.78, 5) is 29.6. The molecule has 0 aliphatic carbocycles. The van der Waals surface area contributed by atoms with Gasteiger partial charge in [0.15, 0.2) is 0 Å². The molecule has 0 bridgehead atoms. The van der Waals surface area contributed by atoms with Crippen molar-refractivity contribution in [2.75, 3.05) is 11.9 Å². The predicted molar refractivity (Wildman–Crippen MR) is 114 cm³/mol. The standard InChI is InChI=1S/C21H20N4O3S/c1-14-20(21(27)25(24(14)2)15-8-4-3-5-9-15)23-18(26)12-28-13-19-22-16-10-6-7-11-17(16)29-19/h3-11H,12-13H2,1-2H3,(H,23,26). The van der Waals surface area contributed by atoms with E-state index in [0.717, 1.165) is 20.9 Å². The molecule has 7 nitrogen and oxygen atoms in total. The van der Waals surface area contributed by atoms with Crippen molar-refractivity contribution in [3.8, 4) is 5.69 Å². The van der Waals surface area contributed by atoms with E-state index in [0.29, 0.717) is 5.69 Å². The first-order valence-electron chi connectivity index (χ1n) is 9.10. The van der Waals surface area contributed by atoms with Crippen molar-refractivity contribution < 1.29 is 9.53 Å². The monoisotopic (exact) mass is 408 g/mol. The molecule has 8 heteroatoms. The lowest BCUT2D eigenvalue weighted by Crippen LogP contribution is -2.24. The number of para-hydroxylation sites is 2. The van der Waals surface area contributed by atoms with Crippen LogP contribution < -0.4 is 10.9 Å². The van der Waals surface area contributed by atoms with Crippen LogP contribution in [0.2, 0.25) is 0 Å². The lowest BCUT2D eigenvalue weighted by molar-refractivity contribution is -0.121. The first-order chi connectivity index (χ1) is 14.0. The van der Waals surface area contributed by atoms with Gasteiger partial charge < -0.3 is 10.1 Å². The molecular weight excluding hydrogens is 388 g/mol. The van der Waals surface area contributed by atoms with Crippen LogP contribution in [0.15, 0.2) is 59.4 Å². The zero-order chi connectivity index (χ0) is 20.4. The molecule has 2 aromatic heterocycles. The summed E-state index contributed by atoms with van der Waals surface area (Å²) in [5, 5.41) is 3.49. The minimum absolute atomic E-state index is 0.158. The Kier molecular flexibility index (Phi) is 5.28. The molecule has 0 atom stereocenters. The molecule has 0 saturated heterocycles. The van der Waals surface area contributed by atoms with Crippen LogP contribution in [0.1, 0.15) is 10.7 Å². The van der Waals surface area contributed by atoms with Crippen LogP contribution in [-0.2, 0) is 23.2 Å². The van der Waals surface area contributed by atoms with Crippen LogP contribution in [0.25, 0.3) is 15.9 Å². The van der Waals surface area contributed by atoms with Gasteiger partial charge in [0.05, 0.1) is 28.2 Å². The van der Waals surface area contributed by atoms with Crippen LogP contribution in [0.5, 0.6) is 0 Å². The Balaban J connectivity index is 1.42. The lowest BCUT2D eigenvalue weighted by Gasteiger charge is -2.07. The van der Waals surface area contributed by atoms with Gasteiger partial charge in [-0.15, -0.1) is 11.3 Å². The third-order valence-corrected chi connectivity index (χ3v) is 5.63. The summed E-state index contributed by atoms with van der Waals surface area (Å²) >= 11 is 1.54. The number of anilines is 1. The molecule has 0 spiro atoms. The fourth-order valence-corrected chi connectivity index (χ4v) is 4.01. The van der Waals surface area contributed by atoms with E-state index in [1.165, 1.54) is 16.0 Å². The van der Waals surface area contributed by atoms with E-state index in [1.54, 1.807) is 18.7 Å². The highest BCUT2D eigenvalue weighted by Gasteiger charge is 2.18. The minimum atomic E-state index is -0.378. The Morgan fingerprint density at radius 1 is 1.14 bits per heavy atom. The molecular formula is C21H20N4O3S. The van der Waals surface area contributed by atoms with Crippen molar-refractivity contribution in [2.24, 2.45) is 7.05 Å². The van der Waals surface area contributed by atoms with Gasteiger partial charge in [-0.25, -0.2) is 9.67 Å². The number of carbonyl (C=O) groups is 1. The zero-order valence-electron chi connectivity index (χ0n) is 16.1. The second-order valence-electron chi connectivity index (χ2n) is 6.55. The van der Waals surface area contributed by atoms with Gasteiger partial charge in [-0.2, -0.15) is 0 Å². The number of nitrogens with one attached hydrogen (secondary N) is 1. The summed E-state index contributed by atoms with van der Waals surface area (Å²) in [6.45, 7) is 1.88. The molecule has 29 heavy (non-hydrogen) atoms. The Hall–Kier alpha value is -3.23. The number of fused-ring (bicyclic) bond motifs is 1. The third kappa shape index (κ3) is 3.85. The topological polar surface area (TPSA) is 78.2 Å². The quantitative estimate of drug-likeness (QED) is 0.531. The molecule has 1 N–H and O–H groups in total. The van der Waals surface area contributed by atoms with Gasteiger partial charge in [0, 0.05) is 7.05 Å². The second-order valence-corrected chi connectivity index (χ2v) is 7.67. The van der Waals surface area contributed by atoms with E-state index < -0.39 is 0 Å². The molecule has 0 aliphatic rings. The number of hydrogen-bond acceptors (Lipinski definition) is 5. The number of benzene rings is 2. The van der Waals surface area contributed by atoms with Crippen LogP contribution in [0.3, 0.4) is 0 Å². The van der Waals surface area contributed by atoms with Crippen molar-refractivity contribution in [3.63, 3.8) is 0 Å². The summed E-state index contributed by atoms with van der Waals surface area (Å²) in [6.07, 6.45) is 0. The Labute approximate surface area is 171 Å². The number of thiazole rings is 1. The number of amides is 1. The molecule has 0 aliphatic heterocycles. The third-order valence-electron chi connectivity index (χ3n) is 4.62. The number of ether oxygens (including phenoxy) is 1. The van der Waals surface area contributed by atoms with Crippen molar-refractivity contribution in [3.05, 3.63) is 75.7 Å². The first-order valence-corrected chi connectivity index (χ1v) is 9.92. The SMILES string of the molecule is Cc1c(NC(=O)COCc2nc3ccccc3s2)c(=O)n(-c2ccccc2)n1C. The van der Waals surface area contributed by atoms with E-state index in [2.05, 4.69) is 10.3 Å². The van der Waals surface area contributed by atoms with Gasteiger partial charge in [0.25, 0.3) is 11.5 Å². The highest BCUT2D eigenvalue weighted by molar-refractivity contribution is 7.18. The fraction of sp³-hybridized carbons (Fsp3) is 0.190. The van der Waals surface area contributed by atoms with E-state index in [9.17, 15) is 9.59 Å². The maximum Gasteiger partial charge on any atom is 0.295 e. The molecule has 0 fully saturated rings. The van der Waals surface area contributed by atoms with Gasteiger partial charge in [-0.3, -0.25) is 14.3 Å². The Bertz CT molecular complexity index is 1190. The van der Waals surface area contributed by atoms with Gasteiger partial charge >= 0.3 is 0 Å². The summed E-state index contributed by atoms with van der Waals surface area (Å²) in [6, 6.07) is 17.1. The average Bonchev–Trinajstić information content (AvgIpc) is 3.23. The Morgan fingerprint density at radius 2 is 1.86 bits per heavy atom. The van der Waals surface area contributed by atoms with E-state index >= 15 is 0 Å². The molecule has 1 amide bonds. The maximum absolute atomic E-state index is 12.8. The van der Waals surface area contributed by atoms with Crippen molar-refractivity contribution in [2.45, 2.75) is 13.5 Å². The molecule has 4 rings (SSSR count). The molecule has 4 aromatic rings. The molecule has 148 valence electrons. The van der Waals surface area contributed by atoms with E-state index in [4.69, 9.17) is 4.74 Å². The van der Waals surface area contributed by atoms with Crippen LogP contribution in [0.4, 0.5) is 5.69 Å². The molecule has 0 unspecified atom stereocenters. The summed E-state index contributed by atoms with van der Waals surface area (Å²) in [5.41, 5.74) is 2.29. The smallest absolute Gasteiger partial charge is 0.295 e.